The van der Waals surface area contributed by atoms with Crippen LogP contribution in [0.25, 0.3) is 0 Å². The number of rotatable bonds is 0. The minimum absolute atomic E-state index is 0. The Morgan fingerprint density at radius 1 is 1.67 bits per heavy atom. The van der Waals surface area contributed by atoms with Crippen molar-refractivity contribution in [1.29, 1.82) is 0 Å². The number of hydrogen-bond acceptors (Lipinski definition) is 1. The van der Waals surface area contributed by atoms with Crippen molar-refractivity contribution < 1.29 is 37.6 Å². The third kappa shape index (κ3) is 41.6. The van der Waals surface area contributed by atoms with E-state index in [4.69, 9.17) is 9.90 Å². The molecule has 0 aliphatic rings. The van der Waals surface area contributed by atoms with E-state index in [1.807, 2.05) is 0 Å². The Labute approximate surface area is 82.5 Å². The molecule has 5 heteroatoms. The Kier molecular flexibility index (Phi) is 25.9. The molecular formula is CH5AsHgO2Sb. The molecule has 1 N–H and O–H groups in total. The van der Waals surface area contributed by atoms with E-state index in [0.717, 1.165) is 16.9 Å². The molecule has 33 valence electrons. The van der Waals surface area contributed by atoms with Crippen LogP contribution in [0.5, 0.6) is 0 Å². The van der Waals surface area contributed by atoms with Crippen LogP contribution in [-0.4, -0.2) is 51.1 Å². The van der Waals surface area contributed by atoms with Gasteiger partial charge in [0, 0.05) is 27.7 Å². The van der Waals surface area contributed by atoms with Crippen LogP contribution >= 0.6 is 0 Å². The first-order valence-corrected chi connectivity index (χ1v) is 1.73. The van der Waals surface area contributed by atoms with Gasteiger partial charge in [0.25, 0.3) is 0 Å². The summed E-state index contributed by atoms with van der Waals surface area (Å²) in [5.41, 5.74) is 0. The summed E-state index contributed by atoms with van der Waals surface area (Å²) in [4.78, 5) is 9.00. The molecule has 0 aliphatic heterocycles. The van der Waals surface area contributed by atoms with Gasteiger partial charge >= 0.3 is 55.9 Å². The summed E-state index contributed by atoms with van der Waals surface area (Å²) in [7, 11) is 0. The van der Waals surface area contributed by atoms with Gasteiger partial charge in [0.1, 0.15) is 0 Å². The molecule has 0 bridgehead atoms. The first-order valence-electron chi connectivity index (χ1n) is 0.678. The molecule has 0 rings (SSSR count). The summed E-state index contributed by atoms with van der Waals surface area (Å²) in [5.74, 6) is 0. The van der Waals surface area contributed by atoms with Crippen LogP contribution in [0.4, 0.5) is 4.79 Å². The number of hydrogen-bond donors (Lipinski definition) is 1. The van der Waals surface area contributed by atoms with Gasteiger partial charge in [0.15, 0.2) is 0 Å². The van der Waals surface area contributed by atoms with E-state index in [1.54, 1.807) is 0 Å². The summed E-state index contributed by atoms with van der Waals surface area (Å²) in [6.07, 6.45) is 0. The first kappa shape index (κ1) is 15.7. The Morgan fingerprint density at radius 3 is 1.67 bits per heavy atom. The van der Waals surface area contributed by atoms with Gasteiger partial charge in [-0.3, -0.25) is 0 Å². The van der Waals surface area contributed by atoms with E-state index in [0.29, 0.717) is 0 Å². The molecule has 0 heterocycles. The maximum atomic E-state index is 9.00. The molecule has 0 saturated carbocycles. The van der Waals surface area contributed by atoms with Crippen LogP contribution in [-0.2, 0) is 27.7 Å². The Bertz CT molecular complexity index is 36.5. The van der Waals surface area contributed by atoms with Gasteiger partial charge in [-0.2, -0.15) is 0 Å². The summed E-state index contributed by atoms with van der Waals surface area (Å²) >= 11 is 1.08. The SMILES string of the molecule is O=C(O)[AsH].[Hg].[SbH3]. The predicted molar refractivity (Wildman–Crippen MR) is 25.1 cm³/mol. The van der Waals surface area contributed by atoms with Crippen molar-refractivity contribution >= 4 is 46.0 Å². The third-order valence-electron chi connectivity index (χ3n) is 0. The fourth-order valence-electron chi connectivity index (χ4n) is 0. The molecule has 2 nitrogen and oxygen atoms in total. The van der Waals surface area contributed by atoms with Crippen LogP contribution in [0.15, 0.2) is 0 Å². The molecule has 0 fully saturated rings. The quantitative estimate of drug-likeness (QED) is 0.455. The van der Waals surface area contributed by atoms with Crippen molar-refractivity contribution in [3.05, 3.63) is 0 Å². The predicted octanol–water partition coefficient (Wildman–Crippen LogP) is -1.62. The molecule has 0 amide bonds. The summed E-state index contributed by atoms with van der Waals surface area (Å²) in [6.45, 7) is 0. The van der Waals surface area contributed by atoms with Crippen LogP contribution in [0.1, 0.15) is 0 Å². The second-order valence-corrected chi connectivity index (χ2v) is 1.20. The summed E-state index contributed by atoms with van der Waals surface area (Å²) in [6, 6.07) is 0. The molecular weight excluding hydrogens is 441 g/mol. The van der Waals surface area contributed by atoms with E-state index in [2.05, 4.69) is 0 Å². The first-order chi connectivity index (χ1) is 1.73. The zero-order chi connectivity index (χ0) is 3.58. The Hall–Kier alpha value is 1.78. The van der Waals surface area contributed by atoms with E-state index >= 15 is 0 Å². The zero-order valence-corrected chi connectivity index (χ0v) is 14.9. The van der Waals surface area contributed by atoms with Gasteiger partial charge in [0.05, 0.1) is 0 Å². The second kappa shape index (κ2) is 9.91. The Balaban J connectivity index is -0.0000000450. The van der Waals surface area contributed by atoms with Gasteiger partial charge < -0.3 is 0 Å². The molecule has 6 heavy (non-hydrogen) atoms. The van der Waals surface area contributed by atoms with Gasteiger partial charge in [-0.1, -0.05) is 0 Å². The van der Waals surface area contributed by atoms with Gasteiger partial charge in [-0.15, -0.1) is 0 Å². The molecule has 0 spiro atoms. The minimum atomic E-state index is -0.833. The van der Waals surface area contributed by atoms with Gasteiger partial charge in [0.2, 0.25) is 0 Å². The second-order valence-electron chi connectivity index (χ2n) is 0.305. The van der Waals surface area contributed by atoms with Crippen molar-refractivity contribution in [3.8, 4) is 0 Å². The normalized spacial score (nSPS) is 4.17. The van der Waals surface area contributed by atoms with E-state index in [-0.39, 0.29) is 52.1 Å². The van der Waals surface area contributed by atoms with Crippen molar-refractivity contribution in [1.82, 2.24) is 0 Å². The molecule has 0 aliphatic carbocycles. The van der Waals surface area contributed by atoms with Crippen molar-refractivity contribution in [2.75, 3.05) is 0 Å². The average molecular weight is 446 g/mol. The third-order valence-corrected chi connectivity index (χ3v) is 0. The standard InChI is InChI=1S/CH2AsO2.Hg.Sb.3H/c2-1(3)4;;;;;/h2H,(H,3,4);;;;;. The topological polar surface area (TPSA) is 37.3 Å². The van der Waals surface area contributed by atoms with Crippen LogP contribution in [0, 0.1) is 0 Å². The monoisotopic (exact) mass is 447 g/mol. The molecule has 0 unspecified atom stereocenters. The molecule has 0 atom stereocenters. The van der Waals surface area contributed by atoms with Crippen molar-refractivity contribution in [2.24, 2.45) is 0 Å². The summed E-state index contributed by atoms with van der Waals surface area (Å²) < 4.78 is -0.833. The van der Waals surface area contributed by atoms with Crippen molar-refractivity contribution in [2.45, 2.75) is 0 Å². The maximum absolute atomic E-state index is 9.00. The van der Waals surface area contributed by atoms with Gasteiger partial charge in [-0.05, 0) is 0 Å². The van der Waals surface area contributed by atoms with E-state index in [1.165, 1.54) is 0 Å². The van der Waals surface area contributed by atoms with E-state index in [9.17, 15) is 0 Å². The zero-order valence-electron chi connectivity index (χ0n) is 3.27. The van der Waals surface area contributed by atoms with Crippen LogP contribution in [0.3, 0.4) is 0 Å². The molecule has 1 radical (unpaired) electrons. The van der Waals surface area contributed by atoms with Gasteiger partial charge in [-0.25, -0.2) is 0 Å². The van der Waals surface area contributed by atoms with Crippen molar-refractivity contribution in [3.63, 3.8) is 0 Å². The fourth-order valence-corrected chi connectivity index (χ4v) is 0. The summed E-state index contributed by atoms with van der Waals surface area (Å²) in [5, 5.41) is 7.42. The molecule has 0 saturated heterocycles. The molecule has 0 aromatic carbocycles. The average Bonchev–Trinajstić information content (AvgIpc) is 0.811. The Morgan fingerprint density at radius 2 is 1.67 bits per heavy atom. The van der Waals surface area contributed by atoms with E-state index < -0.39 is 4.76 Å². The molecule has 0 aromatic rings. The number of carboxylic acid groups (broad SMARTS) is 1. The fraction of sp³-hybridized carbons (Fsp3) is 0. The number of carbonyl (C=O) groups is 1. The van der Waals surface area contributed by atoms with Crippen LogP contribution in [0.2, 0.25) is 0 Å². The van der Waals surface area contributed by atoms with Crippen LogP contribution < -0.4 is 0 Å². The molecule has 0 aromatic heterocycles.